The minimum atomic E-state index is -0.602. The summed E-state index contributed by atoms with van der Waals surface area (Å²) in [6.45, 7) is 0.291. The van der Waals surface area contributed by atoms with Crippen molar-refractivity contribution in [2.45, 2.75) is 121 Å². The lowest BCUT2D eigenvalue weighted by Crippen LogP contribution is -2.30. The van der Waals surface area contributed by atoms with Crippen LogP contribution in [0.15, 0.2) is 17.4 Å². The summed E-state index contributed by atoms with van der Waals surface area (Å²) in [4.78, 5) is 44.9. The summed E-state index contributed by atoms with van der Waals surface area (Å²) in [5.74, 6) is -1.26. The standard InChI is InChI=1S/C17H27N3O5.2C7H12O2/c1-20(10-9-15(19-23)18-12-21)16-8-7-14(25-16)11-24-17(22)13-5-3-2-4-6-13;2*8-7(9)6-4-2-1-3-5-6/h9-10,12-14,16,23H,2-8,11H2,1H3,(H,18,19,21);2*6H,1-5H2,(H,8,9)/b10-9-;;. The molecule has 1 saturated heterocycles. The first kappa shape index (κ1) is 36.0. The molecule has 1 aliphatic heterocycles. The van der Waals surface area contributed by atoms with Crippen molar-refractivity contribution in [2.75, 3.05) is 13.7 Å². The number of carbonyl (C=O) groups excluding carboxylic acids is 2. The van der Waals surface area contributed by atoms with Gasteiger partial charge in [0.2, 0.25) is 6.41 Å². The number of carbonyl (C=O) groups is 4. The summed E-state index contributed by atoms with van der Waals surface area (Å²) in [5, 5.41) is 31.0. The summed E-state index contributed by atoms with van der Waals surface area (Å²) in [5.41, 5.74) is 0. The molecule has 1 heterocycles. The third-order valence-electron chi connectivity index (χ3n) is 8.58. The van der Waals surface area contributed by atoms with E-state index in [9.17, 15) is 19.2 Å². The molecule has 43 heavy (non-hydrogen) atoms. The zero-order valence-electron chi connectivity index (χ0n) is 25.5. The number of amidine groups is 1. The predicted molar refractivity (Wildman–Crippen MR) is 159 cm³/mol. The average Bonchev–Trinajstić information content (AvgIpc) is 3.53. The monoisotopic (exact) mass is 609 g/mol. The van der Waals surface area contributed by atoms with Crippen molar-refractivity contribution in [3.8, 4) is 0 Å². The Morgan fingerprint density at radius 3 is 1.72 bits per heavy atom. The Bertz CT molecular complexity index is 880. The number of nitrogens with zero attached hydrogens (tertiary/aromatic N) is 2. The molecule has 0 aromatic heterocycles. The molecule has 12 nitrogen and oxygen atoms in total. The SMILES string of the molecule is CN(/C=C\C(=N\O)NC=O)C1CCC(COC(=O)C2CCCCC2)O1.O=C(O)C1CCCCC1.O=C(O)C1CCCCC1. The van der Waals surface area contributed by atoms with E-state index in [0.29, 0.717) is 13.0 Å². The van der Waals surface area contributed by atoms with Crippen LogP contribution in [0, 0.1) is 17.8 Å². The molecule has 244 valence electrons. The molecular formula is C31H51N3O9. The number of hydrogen-bond acceptors (Lipinski definition) is 9. The summed E-state index contributed by atoms with van der Waals surface area (Å²) >= 11 is 0. The quantitative estimate of drug-likeness (QED) is 0.0703. The van der Waals surface area contributed by atoms with Gasteiger partial charge in [-0.2, -0.15) is 0 Å². The second-order valence-electron chi connectivity index (χ2n) is 11.8. The average molecular weight is 610 g/mol. The lowest BCUT2D eigenvalue weighted by molar-refractivity contribution is -0.154. The number of carboxylic acid groups (broad SMARTS) is 2. The third-order valence-corrected chi connectivity index (χ3v) is 8.58. The van der Waals surface area contributed by atoms with Crippen molar-refractivity contribution in [3.05, 3.63) is 12.3 Å². The molecule has 12 heteroatoms. The van der Waals surface area contributed by atoms with Crippen molar-refractivity contribution >= 4 is 30.2 Å². The van der Waals surface area contributed by atoms with Crippen LogP contribution in [0.2, 0.25) is 0 Å². The van der Waals surface area contributed by atoms with Crippen molar-refractivity contribution in [2.24, 2.45) is 22.9 Å². The second-order valence-corrected chi connectivity index (χ2v) is 11.8. The summed E-state index contributed by atoms with van der Waals surface area (Å²) in [6, 6.07) is 0. The first-order chi connectivity index (χ1) is 20.7. The van der Waals surface area contributed by atoms with Gasteiger partial charge in [0.05, 0.1) is 23.9 Å². The molecule has 0 radical (unpaired) electrons. The van der Waals surface area contributed by atoms with Crippen LogP contribution < -0.4 is 5.32 Å². The molecule has 4 rings (SSSR count). The maximum atomic E-state index is 12.1. The maximum absolute atomic E-state index is 12.1. The number of rotatable bonds is 9. The largest absolute Gasteiger partial charge is 0.481 e. The molecule has 0 aromatic carbocycles. The normalized spacial score (nSPS) is 23.7. The number of esters is 1. The van der Waals surface area contributed by atoms with Gasteiger partial charge in [-0.1, -0.05) is 62.9 Å². The van der Waals surface area contributed by atoms with E-state index in [-0.39, 0.29) is 41.9 Å². The lowest BCUT2D eigenvalue weighted by atomic mass is 9.89. The Labute approximate surface area is 254 Å². The van der Waals surface area contributed by atoms with Crippen LogP contribution in [-0.2, 0) is 28.7 Å². The van der Waals surface area contributed by atoms with Crippen LogP contribution in [0.1, 0.15) is 109 Å². The Morgan fingerprint density at radius 1 is 0.814 bits per heavy atom. The fraction of sp³-hybridized carbons (Fsp3) is 0.774. The van der Waals surface area contributed by atoms with Crippen molar-refractivity contribution in [3.63, 3.8) is 0 Å². The highest BCUT2D eigenvalue weighted by molar-refractivity contribution is 5.98. The number of oxime groups is 1. The van der Waals surface area contributed by atoms with Crippen molar-refractivity contribution in [1.82, 2.24) is 10.2 Å². The van der Waals surface area contributed by atoms with E-state index in [0.717, 1.165) is 89.9 Å². The van der Waals surface area contributed by atoms with Gasteiger partial charge >= 0.3 is 17.9 Å². The van der Waals surface area contributed by atoms with Gasteiger partial charge in [-0.05, 0) is 51.4 Å². The molecular weight excluding hydrogens is 558 g/mol. The number of ether oxygens (including phenoxy) is 2. The van der Waals surface area contributed by atoms with Crippen LogP contribution >= 0.6 is 0 Å². The zero-order chi connectivity index (χ0) is 31.5. The Hall–Kier alpha value is -3.15. The Balaban J connectivity index is 0.000000289. The number of amides is 1. The minimum Gasteiger partial charge on any atom is -0.481 e. The molecule has 2 atom stereocenters. The summed E-state index contributed by atoms with van der Waals surface area (Å²) in [6.07, 6.45) is 20.7. The highest BCUT2D eigenvalue weighted by Crippen LogP contribution is 2.27. The molecule has 2 unspecified atom stereocenters. The van der Waals surface area contributed by atoms with E-state index >= 15 is 0 Å². The van der Waals surface area contributed by atoms with Gasteiger partial charge in [0, 0.05) is 19.3 Å². The zero-order valence-corrected chi connectivity index (χ0v) is 25.5. The van der Waals surface area contributed by atoms with E-state index in [1.54, 1.807) is 6.20 Å². The van der Waals surface area contributed by atoms with Gasteiger partial charge in [0.15, 0.2) is 5.84 Å². The van der Waals surface area contributed by atoms with Crippen molar-refractivity contribution < 1.29 is 44.1 Å². The lowest BCUT2D eigenvalue weighted by Gasteiger charge is -2.24. The Morgan fingerprint density at radius 2 is 1.30 bits per heavy atom. The Kier molecular flexibility index (Phi) is 17.4. The van der Waals surface area contributed by atoms with Gasteiger partial charge in [-0.25, -0.2) is 0 Å². The number of aliphatic carboxylic acids is 2. The number of hydrogen-bond donors (Lipinski definition) is 4. The third kappa shape index (κ3) is 14.2. The fourth-order valence-electron chi connectivity index (χ4n) is 5.89. The summed E-state index contributed by atoms with van der Waals surface area (Å²) < 4.78 is 11.3. The fourth-order valence-corrected chi connectivity index (χ4v) is 5.89. The van der Waals surface area contributed by atoms with Gasteiger partial charge in [0.1, 0.15) is 12.8 Å². The minimum absolute atomic E-state index is 0.0289. The van der Waals surface area contributed by atoms with Crippen LogP contribution in [-0.4, -0.2) is 76.5 Å². The van der Waals surface area contributed by atoms with E-state index in [1.807, 2.05) is 11.9 Å². The van der Waals surface area contributed by atoms with E-state index in [4.69, 9.17) is 24.9 Å². The number of carboxylic acids is 2. The van der Waals surface area contributed by atoms with Gasteiger partial charge in [-0.3, -0.25) is 19.2 Å². The van der Waals surface area contributed by atoms with Crippen LogP contribution in [0.25, 0.3) is 0 Å². The van der Waals surface area contributed by atoms with Gasteiger partial charge in [0.25, 0.3) is 0 Å². The molecule has 4 fully saturated rings. The molecule has 0 aromatic rings. The van der Waals surface area contributed by atoms with Crippen LogP contribution in [0.4, 0.5) is 0 Å². The topological polar surface area (TPSA) is 175 Å². The smallest absolute Gasteiger partial charge is 0.309 e. The van der Waals surface area contributed by atoms with Crippen molar-refractivity contribution in [1.29, 1.82) is 0 Å². The first-order valence-corrected chi connectivity index (χ1v) is 15.8. The molecule has 3 aliphatic carbocycles. The van der Waals surface area contributed by atoms with Gasteiger partial charge in [-0.15, -0.1) is 0 Å². The first-order valence-electron chi connectivity index (χ1n) is 15.8. The van der Waals surface area contributed by atoms with Gasteiger partial charge < -0.3 is 35.1 Å². The van der Waals surface area contributed by atoms with Crippen LogP contribution in [0.3, 0.4) is 0 Å². The second kappa shape index (κ2) is 20.7. The van der Waals surface area contributed by atoms with Crippen LogP contribution in [0.5, 0.6) is 0 Å². The molecule has 4 N–H and O–H groups in total. The molecule has 0 spiro atoms. The maximum Gasteiger partial charge on any atom is 0.309 e. The summed E-state index contributed by atoms with van der Waals surface area (Å²) in [7, 11) is 1.83. The highest BCUT2D eigenvalue weighted by atomic mass is 16.6. The molecule has 0 bridgehead atoms. The molecule has 1 amide bonds. The molecule has 4 aliphatic rings. The predicted octanol–water partition coefficient (Wildman–Crippen LogP) is 4.90. The number of nitrogens with one attached hydrogen (secondary N) is 1. The van der Waals surface area contributed by atoms with E-state index < -0.39 is 11.9 Å². The van der Waals surface area contributed by atoms with E-state index in [2.05, 4.69) is 10.5 Å². The molecule has 3 saturated carbocycles. The highest BCUT2D eigenvalue weighted by Gasteiger charge is 2.30. The van der Waals surface area contributed by atoms with E-state index in [1.165, 1.54) is 25.3 Å².